The summed E-state index contributed by atoms with van der Waals surface area (Å²) in [6.07, 6.45) is 0. The normalized spacial score (nSPS) is 11.9. The number of hydrogen-bond donors (Lipinski definition) is 3. The standard InChI is InChI=1S/C9H23N5O/c1-4-14(2)7-5-11-9(13-10)12-6-8-15-3/h4-8,10H2,1-3H3,(H2,11,12,13). The van der Waals surface area contributed by atoms with Crippen molar-refractivity contribution in [2.45, 2.75) is 6.92 Å². The Kier molecular flexibility index (Phi) is 9.15. The number of hydrogen-bond acceptors (Lipinski definition) is 4. The lowest BCUT2D eigenvalue weighted by Gasteiger charge is -2.12. The summed E-state index contributed by atoms with van der Waals surface area (Å²) in [5.74, 6) is 5.91. The van der Waals surface area contributed by atoms with Crippen LogP contribution in [0.5, 0.6) is 0 Å². The van der Waals surface area contributed by atoms with Crippen LogP contribution >= 0.6 is 0 Å². The number of rotatable bonds is 7. The lowest BCUT2D eigenvalue weighted by Crippen LogP contribution is -2.43. The van der Waals surface area contributed by atoms with Gasteiger partial charge in [-0.25, -0.2) is 5.84 Å². The molecule has 0 spiro atoms. The average molecular weight is 217 g/mol. The molecule has 0 heterocycles. The lowest BCUT2D eigenvalue weighted by atomic mass is 10.5. The highest BCUT2D eigenvalue weighted by molar-refractivity contribution is 5.79. The topological polar surface area (TPSA) is 74.9 Å². The van der Waals surface area contributed by atoms with Gasteiger partial charge in [-0.3, -0.25) is 10.4 Å². The van der Waals surface area contributed by atoms with Gasteiger partial charge in [0, 0.05) is 20.2 Å². The summed E-state index contributed by atoms with van der Waals surface area (Å²) in [5.41, 5.74) is 2.52. The molecule has 0 unspecified atom stereocenters. The Bertz CT molecular complexity index is 174. The Balaban J connectivity index is 3.68. The molecular formula is C9H23N5O. The Morgan fingerprint density at radius 3 is 2.80 bits per heavy atom. The number of likely N-dealkylation sites (N-methyl/N-ethyl adjacent to an activating group) is 1. The van der Waals surface area contributed by atoms with E-state index in [2.05, 4.69) is 34.6 Å². The maximum Gasteiger partial charge on any atom is 0.205 e. The fourth-order valence-electron chi connectivity index (χ4n) is 0.915. The predicted molar refractivity (Wildman–Crippen MR) is 62.7 cm³/mol. The van der Waals surface area contributed by atoms with Crippen molar-refractivity contribution < 1.29 is 4.74 Å². The van der Waals surface area contributed by atoms with Crippen LogP contribution in [0.25, 0.3) is 0 Å². The van der Waals surface area contributed by atoms with Crippen molar-refractivity contribution in [2.75, 3.05) is 46.9 Å². The molecule has 4 N–H and O–H groups in total. The first-order valence-electron chi connectivity index (χ1n) is 5.17. The molecule has 0 aliphatic rings. The van der Waals surface area contributed by atoms with Gasteiger partial charge in [0.2, 0.25) is 5.96 Å². The molecule has 0 aliphatic carbocycles. The molecule has 90 valence electrons. The molecule has 0 fully saturated rings. The van der Waals surface area contributed by atoms with E-state index in [1.165, 1.54) is 0 Å². The number of hydrazine groups is 1. The van der Waals surface area contributed by atoms with Crippen LogP contribution in [-0.4, -0.2) is 57.8 Å². The zero-order valence-electron chi connectivity index (χ0n) is 9.92. The van der Waals surface area contributed by atoms with Crippen molar-refractivity contribution in [1.29, 1.82) is 0 Å². The van der Waals surface area contributed by atoms with Gasteiger partial charge in [-0.15, -0.1) is 0 Å². The summed E-state index contributed by atoms with van der Waals surface area (Å²) < 4.78 is 4.90. The molecule has 0 rings (SSSR count). The van der Waals surface area contributed by atoms with Crippen LogP contribution in [0.3, 0.4) is 0 Å². The quantitative estimate of drug-likeness (QED) is 0.168. The molecule has 0 aliphatic heterocycles. The van der Waals surface area contributed by atoms with Crippen LogP contribution in [-0.2, 0) is 4.74 Å². The van der Waals surface area contributed by atoms with Crippen LogP contribution in [0, 0.1) is 0 Å². The van der Waals surface area contributed by atoms with Crippen LogP contribution in [0.1, 0.15) is 6.92 Å². The predicted octanol–water partition coefficient (Wildman–Crippen LogP) is -1.01. The van der Waals surface area contributed by atoms with E-state index < -0.39 is 0 Å². The Morgan fingerprint density at radius 2 is 2.27 bits per heavy atom. The molecule has 0 amide bonds. The second kappa shape index (κ2) is 9.70. The van der Waals surface area contributed by atoms with Crippen LogP contribution in [0.4, 0.5) is 0 Å². The minimum atomic E-state index is 0.608. The average Bonchev–Trinajstić information content (AvgIpc) is 2.26. The maximum atomic E-state index is 5.31. The molecule has 0 aromatic rings. The van der Waals surface area contributed by atoms with Gasteiger partial charge in [-0.1, -0.05) is 6.92 Å². The Hall–Kier alpha value is -0.850. The monoisotopic (exact) mass is 217 g/mol. The van der Waals surface area contributed by atoms with Crippen molar-refractivity contribution in [3.05, 3.63) is 0 Å². The zero-order valence-corrected chi connectivity index (χ0v) is 9.92. The molecule has 0 aromatic carbocycles. The first-order valence-corrected chi connectivity index (χ1v) is 5.17. The number of ether oxygens (including phenoxy) is 1. The highest BCUT2D eigenvalue weighted by Crippen LogP contribution is 1.81. The summed E-state index contributed by atoms with van der Waals surface area (Å²) >= 11 is 0. The second-order valence-corrected chi connectivity index (χ2v) is 3.19. The molecule has 0 atom stereocenters. The first-order chi connectivity index (χ1) is 7.24. The van der Waals surface area contributed by atoms with E-state index in [1.807, 2.05) is 0 Å². The van der Waals surface area contributed by atoms with Crippen LogP contribution in [0.15, 0.2) is 4.99 Å². The molecule has 0 saturated carbocycles. The molecule has 0 aromatic heterocycles. The van der Waals surface area contributed by atoms with Crippen molar-refractivity contribution in [1.82, 2.24) is 15.6 Å². The SMILES string of the molecule is CCN(C)CCN=C(NN)NCCOC. The summed E-state index contributed by atoms with van der Waals surface area (Å²) in [6.45, 7) is 6.12. The van der Waals surface area contributed by atoms with Crippen molar-refractivity contribution in [3.63, 3.8) is 0 Å². The van der Waals surface area contributed by atoms with Gasteiger partial charge in [0.05, 0.1) is 13.2 Å². The van der Waals surface area contributed by atoms with Crippen LogP contribution < -0.4 is 16.6 Å². The van der Waals surface area contributed by atoms with E-state index in [0.717, 1.165) is 19.6 Å². The molecule has 15 heavy (non-hydrogen) atoms. The van der Waals surface area contributed by atoms with E-state index in [-0.39, 0.29) is 0 Å². The minimum absolute atomic E-state index is 0.608. The van der Waals surface area contributed by atoms with Gasteiger partial charge in [0.25, 0.3) is 0 Å². The third-order valence-corrected chi connectivity index (χ3v) is 2.03. The Morgan fingerprint density at radius 1 is 1.53 bits per heavy atom. The van der Waals surface area contributed by atoms with E-state index in [0.29, 0.717) is 19.1 Å². The lowest BCUT2D eigenvalue weighted by molar-refractivity contribution is 0.203. The van der Waals surface area contributed by atoms with E-state index in [1.54, 1.807) is 7.11 Å². The number of guanidine groups is 1. The van der Waals surface area contributed by atoms with E-state index >= 15 is 0 Å². The zero-order chi connectivity index (χ0) is 11.5. The molecule has 6 heteroatoms. The number of nitrogens with zero attached hydrogens (tertiary/aromatic N) is 2. The Labute approximate surface area is 91.8 Å². The van der Waals surface area contributed by atoms with Gasteiger partial charge >= 0.3 is 0 Å². The van der Waals surface area contributed by atoms with Gasteiger partial charge in [-0.2, -0.15) is 0 Å². The summed E-state index contributed by atoms with van der Waals surface area (Å²) in [4.78, 5) is 6.46. The maximum absolute atomic E-state index is 5.31. The van der Waals surface area contributed by atoms with Gasteiger partial charge in [0.15, 0.2) is 0 Å². The smallest absolute Gasteiger partial charge is 0.205 e. The molecule has 0 saturated heterocycles. The summed E-state index contributed by atoms with van der Waals surface area (Å²) in [6, 6.07) is 0. The minimum Gasteiger partial charge on any atom is -0.383 e. The van der Waals surface area contributed by atoms with Crippen molar-refractivity contribution >= 4 is 5.96 Å². The van der Waals surface area contributed by atoms with Crippen LogP contribution in [0.2, 0.25) is 0 Å². The van der Waals surface area contributed by atoms with Crippen molar-refractivity contribution in [2.24, 2.45) is 10.8 Å². The number of aliphatic imine (C=N–C) groups is 1. The number of nitrogens with one attached hydrogen (secondary N) is 2. The fourth-order valence-corrected chi connectivity index (χ4v) is 0.915. The highest BCUT2D eigenvalue weighted by Gasteiger charge is 1.96. The summed E-state index contributed by atoms with van der Waals surface area (Å²) in [7, 11) is 3.72. The summed E-state index contributed by atoms with van der Waals surface area (Å²) in [5, 5.41) is 3.03. The molecular weight excluding hydrogens is 194 g/mol. The largest absolute Gasteiger partial charge is 0.383 e. The first kappa shape index (κ1) is 14.2. The molecule has 0 radical (unpaired) electrons. The third-order valence-electron chi connectivity index (χ3n) is 2.03. The second-order valence-electron chi connectivity index (χ2n) is 3.19. The molecule has 6 nitrogen and oxygen atoms in total. The fraction of sp³-hybridized carbons (Fsp3) is 0.889. The van der Waals surface area contributed by atoms with Gasteiger partial charge < -0.3 is 15.0 Å². The van der Waals surface area contributed by atoms with Gasteiger partial charge in [-0.05, 0) is 13.6 Å². The molecule has 0 bridgehead atoms. The van der Waals surface area contributed by atoms with Gasteiger partial charge in [0.1, 0.15) is 0 Å². The third kappa shape index (κ3) is 8.17. The highest BCUT2D eigenvalue weighted by atomic mass is 16.5. The van der Waals surface area contributed by atoms with Crippen molar-refractivity contribution in [3.8, 4) is 0 Å². The number of methoxy groups -OCH3 is 1. The number of nitrogens with two attached hydrogens (primary N) is 1. The van der Waals surface area contributed by atoms with E-state index in [4.69, 9.17) is 10.6 Å². The van der Waals surface area contributed by atoms with E-state index in [9.17, 15) is 0 Å².